The molecule has 4 aromatic rings. The fourth-order valence-corrected chi connectivity index (χ4v) is 7.90. The molecule has 0 amide bonds. The van der Waals surface area contributed by atoms with Gasteiger partial charge in [0, 0.05) is 22.7 Å². The third-order valence-electron chi connectivity index (χ3n) is 9.41. The Balaban J connectivity index is 1.54. The average Bonchev–Trinajstić information content (AvgIpc) is 3.20. The number of methoxy groups -OCH3 is 1. The van der Waals surface area contributed by atoms with Gasteiger partial charge < -0.3 is 4.74 Å². The van der Waals surface area contributed by atoms with Gasteiger partial charge in [-0.15, -0.1) is 0 Å². The molecular formula is C33H35NOS. The summed E-state index contributed by atoms with van der Waals surface area (Å²) in [6.07, 6.45) is 11.5. The predicted octanol–water partition coefficient (Wildman–Crippen LogP) is 9.35. The van der Waals surface area contributed by atoms with Crippen LogP contribution in [0.5, 0.6) is 5.75 Å². The van der Waals surface area contributed by atoms with Crippen LogP contribution in [0.3, 0.4) is 0 Å². The summed E-state index contributed by atoms with van der Waals surface area (Å²) >= 11 is 1.75. The maximum atomic E-state index is 5.87. The SMILES string of the molecule is CCC1(CC)CCC2(CC1)c1ccccc1-c1c2ccc2cc(OC)c(Sc3cnccc3C)cc12. The van der Waals surface area contributed by atoms with Crippen LogP contribution in [0.15, 0.2) is 76.8 Å². The van der Waals surface area contributed by atoms with Crippen molar-refractivity contribution in [3.8, 4) is 16.9 Å². The molecule has 0 saturated heterocycles. The maximum absolute atomic E-state index is 5.87. The minimum absolute atomic E-state index is 0.140. The third kappa shape index (κ3) is 3.50. The van der Waals surface area contributed by atoms with Crippen molar-refractivity contribution in [2.45, 2.75) is 74.5 Å². The molecule has 3 heteroatoms. The highest BCUT2D eigenvalue weighted by molar-refractivity contribution is 7.99. The largest absolute Gasteiger partial charge is 0.496 e. The van der Waals surface area contributed by atoms with E-state index in [9.17, 15) is 0 Å². The summed E-state index contributed by atoms with van der Waals surface area (Å²) < 4.78 is 5.87. The van der Waals surface area contributed by atoms with Gasteiger partial charge in [-0.1, -0.05) is 74.8 Å². The molecule has 0 N–H and O–H groups in total. The van der Waals surface area contributed by atoms with Crippen LogP contribution in [0.4, 0.5) is 0 Å². The Morgan fingerprint density at radius 1 is 0.889 bits per heavy atom. The molecular weight excluding hydrogens is 458 g/mol. The maximum Gasteiger partial charge on any atom is 0.133 e. The van der Waals surface area contributed by atoms with Gasteiger partial charge in [0.1, 0.15) is 5.75 Å². The topological polar surface area (TPSA) is 22.1 Å². The Bertz CT molecular complexity index is 1440. The minimum atomic E-state index is 0.140. The third-order valence-corrected chi connectivity index (χ3v) is 10.6. The Morgan fingerprint density at radius 3 is 2.39 bits per heavy atom. The zero-order valence-corrected chi connectivity index (χ0v) is 22.7. The molecule has 3 aromatic carbocycles. The lowest BCUT2D eigenvalue weighted by atomic mass is 9.58. The number of ether oxygens (including phenoxy) is 1. The molecule has 1 saturated carbocycles. The molecule has 0 bridgehead atoms. The molecule has 0 atom stereocenters. The highest BCUT2D eigenvalue weighted by Gasteiger charge is 2.48. The van der Waals surface area contributed by atoms with E-state index in [0.717, 1.165) is 10.6 Å². The Morgan fingerprint density at radius 2 is 1.67 bits per heavy atom. The van der Waals surface area contributed by atoms with Gasteiger partial charge in [-0.25, -0.2) is 0 Å². The van der Waals surface area contributed by atoms with Crippen molar-refractivity contribution in [1.29, 1.82) is 0 Å². The summed E-state index contributed by atoms with van der Waals surface area (Å²) in [4.78, 5) is 6.68. The first-order valence-electron chi connectivity index (χ1n) is 13.4. The van der Waals surface area contributed by atoms with Gasteiger partial charge in [0.25, 0.3) is 0 Å². The van der Waals surface area contributed by atoms with Gasteiger partial charge in [0.05, 0.1) is 12.0 Å². The first kappa shape index (κ1) is 23.6. The van der Waals surface area contributed by atoms with E-state index >= 15 is 0 Å². The van der Waals surface area contributed by atoms with Crippen molar-refractivity contribution in [1.82, 2.24) is 4.98 Å². The lowest BCUT2D eigenvalue weighted by Gasteiger charge is -2.45. The van der Waals surface area contributed by atoms with Crippen molar-refractivity contribution in [3.05, 3.63) is 83.7 Å². The van der Waals surface area contributed by atoms with Crippen molar-refractivity contribution in [3.63, 3.8) is 0 Å². The fraction of sp³-hybridized carbons (Fsp3) is 0.364. The normalized spacial score (nSPS) is 17.2. The second-order valence-corrected chi connectivity index (χ2v) is 11.9. The van der Waals surface area contributed by atoms with Crippen molar-refractivity contribution in [2.24, 2.45) is 5.41 Å². The summed E-state index contributed by atoms with van der Waals surface area (Å²) in [6, 6.07) is 20.6. The molecule has 1 fully saturated rings. The smallest absolute Gasteiger partial charge is 0.133 e. The van der Waals surface area contributed by atoms with E-state index in [-0.39, 0.29) is 5.41 Å². The number of hydrogen-bond donors (Lipinski definition) is 0. The molecule has 2 aliphatic carbocycles. The lowest BCUT2D eigenvalue weighted by Crippen LogP contribution is -2.36. The number of aryl methyl sites for hydroxylation is 1. The number of hydrogen-bond acceptors (Lipinski definition) is 3. The van der Waals surface area contributed by atoms with Crippen LogP contribution < -0.4 is 4.74 Å². The van der Waals surface area contributed by atoms with Crippen LogP contribution in [0, 0.1) is 12.3 Å². The van der Waals surface area contributed by atoms with Crippen molar-refractivity contribution >= 4 is 22.5 Å². The van der Waals surface area contributed by atoms with Crippen LogP contribution in [-0.4, -0.2) is 12.1 Å². The van der Waals surface area contributed by atoms with Crippen LogP contribution in [0.1, 0.15) is 69.1 Å². The van der Waals surface area contributed by atoms with Crippen LogP contribution in [0.25, 0.3) is 21.9 Å². The zero-order chi connectivity index (χ0) is 24.9. The second kappa shape index (κ2) is 8.95. The lowest BCUT2D eigenvalue weighted by molar-refractivity contribution is 0.133. The number of benzene rings is 3. The first-order chi connectivity index (χ1) is 17.5. The van der Waals surface area contributed by atoms with Gasteiger partial charge in [0.2, 0.25) is 0 Å². The van der Waals surface area contributed by atoms with Gasteiger partial charge >= 0.3 is 0 Å². The zero-order valence-electron chi connectivity index (χ0n) is 21.9. The number of aromatic nitrogens is 1. The predicted molar refractivity (Wildman–Crippen MR) is 151 cm³/mol. The summed E-state index contributed by atoms with van der Waals surface area (Å²) in [5.74, 6) is 0.921. The average molecular weight is 494 g/mol. The molecule has 0 aliphatic heterocycles. The number of fused-ring (bicyclic) bond motifs is 7. The van der Waals surface area contributed by atoms with Crippen LogP contribution in [-0.2, 0) is 5.41 Å². The molecule has 2 nitrogen and oxygen atoms in total. The van der Waals surface area contributed by atoms with E-state index < -0.39 is 0 Å². The van der Waals surface area contributed by atoms with Crippen molar-refractivity contribution in [2.75, 3.05) is 7.11 Å². The minimum Gasteiger partial charge on any atom is -0.496 e. The van der Waals surface area contributed by atoms with Crippen LogP contribution in [0.2, 0.25) is 0 Å². The standard InChI is InChI=1S/C33H35NOS/c1-5-32(6-2)14-16-33(17-15-32)26-10-8-7-9-24(26)31-25-20-29(36-30-21-34-18-13-22(30)3)28(35-4)19-23(25)11-12-27(31)33/h7-13,18-21H,5-6,14-17H2,1-4H3. The van der Waals surface area contributed by atoms with Gasteiger partial charge in [-0.3, -0.25) is 4.98 Å². The van der Waals surface area contributed by atoms with Gasteiger partial charge in [0.15, 0.2) is 0 Å². The van der Waals surface area contributed by atoms with E-state index in [0.29, 0.717) is 5.41 Å². The second-order valence-electron chi connectivity index (χ2n) is 10.8. The molecule has 1 spiro atoms. The fourth-order valence-electron chi connectivity index (χ4n) is 6.90. The highest BCUT2D eigenvalue weighted by atomic mass is 32.2. The number of pyridine rings is 1. The van der Waals surface area contributed by atoms with Gasteiger partial charge in [-0.2, -0.15) is 0 Å². The van der Waals surface area contributed by atoms with E-state index in [1.54, 1.807) is 24.4 Å². The van der Waals surface area contributed by atoms with E-state index in [1.807, 2.05) is 12.4 Å². The van der Waals surface area contributed by atoms with E-state index in [2.05, 4.69) is 80.4 Å². The molecule has 0 radical (unpaired) electrons. The molecule has 6 rings (SSSR count). The van der Waals surface area contributed by atoms with Gasteiger partial charge in [-0.05, 0) is 94.8 Å². The summed E-state index contributed by atoms with van der Waals surface area (Å²) in [5, 5.41) is 2.58. The summed E-state index contributed by atoms with van der Waals surface area (Å²) in [6.45, 7) is 6.93. The van der Waals surface area contributed by atoms with E-state index in [4.69, 9.17) is 4.74 Å². The van der Waals surface area contributed by atoms with Crippen LogP contribution >= 0.6 is 11.8 Å². The van der Waals surface area contributed by atoms with Crippen molar-refractivity contribution < 1.29 is 4.74 Å². The summed E-state index contributed by atoms with van der Waals surface area (Å²) in [7, 11) is 1.77. The Labute approximate surface area is 219 Å². The Hall–Kier alpha value is -2.78. The monoisotopic (exact) mass is 493 g/mol. The Kier molecular flexibility index (Phi) is 5.87. The number of nitrogens with zero attached hydrogens (tertiary/aromatic N) is 1. The highest BCUT2D eigenvalue weighted by Crippen LogP contribution is 2.61. The molecule has 1 aromatic heterocycles. The molecule has 2 aliphatic rings. The number of rotatable bonds is 5. The molecule has 0 unspecified atom stereocenters. The summed E-state index contributed by atoms with van der Waals surface area (Å²) in [5.41, 5.74) is 7.84. The van der Waals surface area contributed by atoms with E-state index in [1.165, 1.54) is 76.4 Å². The molecule has 36 heavy (non-hydrogen) atoms. The quantitative estimate of drug-likeness (QED) is 0.276. The molecule has 1 heterocycles. The first-order valence-corrected chi connectivity index (χ1v) is 14.2. The molecule has 184 valence electrons.